The standard InChI is InChI=1S/C61H113NO5/c1-4-7-10-13-16-19-22-25-28-30-31-33-36-39-42-45-48-51-54-61(66)67-57(52-49-46-43-40-37-34-32-29-26-23-20-17-14-11-8-5-2)55-60(65)62-58(56-63)59(64)53-50-47-44-41-38-35-27-24-21-18-15-12-9-6-3/h23,26,29,31-34,37,57-59,63-64H,4-22,24-25,27-28,30,35-36,38-56H2,1-3H3,(H,62,65)/b26-23+,32-29+,33-31+,37-34+. The molecule has 0 spiro atoms. The summed E-state index contributed by atoms with van der Waals surface area (Å²) in [5, 5.41) is 23.9. The molecule has 6 nitrogen and oxygen atoms in total. The molecule has 392 valence electrons. The number of allylic oxidation sites excluding steroid dienone is 8. The van der Waals surface area contributed by atoms with Crippen LogP contribution in [0.1, 0.15) is 303 Å². The number of aliphatic hydroxyl groups excluding tert-OH is 2. The average Bonchev–Trinajstić information content (AvgIpc) is 3.32. The molecule has 0 aliphatic carbocycles. The minimum Gasteiger partial charge on any atom is -0.462 e. The van der Waals surface area contributed by atoms with Gasteiger partial charge < -0.3 is 20.3 Å². The molecule has 3 unspecified atom stereocenters. The summed E-state index contributed by atoms with van der Waals surface area (Å²) in [7, 11) is 0. The lowest BCUT2D eigenvalue weighted by Gasteiger charge is -2.24. The molecule has 0 radical (unpaired) electrons. The van der Waals surface area contributed by atoms with Crippen LogP contribution in [0.4, 0.5) is 0 Å². The largest absolute Gasteiger partial charge is 0.462 e. The van der Waals surface area contributed by atoms with Crippen molar-refractivity contribution in [2.24, 2.45) is 0 Å². The van der Waals surface area contributed by atoms with Gasteiger partial charge >= 0.3 is 5.97 Å². The molecule has 0 saturated heterocycles. The van der Waals surface area contributed by atoms with Gasteiger partial charge in [-0.2, -0.15) is 0 Å². The molecular weight excluding hydrogens is 827 g/mol. The lowest BCUT2D eigenvalue weighted by molar-refractivity contribution is -0.151. The van der Waals surface area contributed by atoms with E-state index in [1.165, 1.54) is 180 Å². The van der Waals surface area contributed by atoms with Crippen molar-refractivity contribution in [2.75, 3.05) is 6.61 Å². The average molecular weight is 941 g/mol. The van der Waals surface area contributed by atoms with Crippen LogP contribution >= 0.6 is 0 Å². The minimum atomic E-state index is -0.799. The Morgan fingerprint density at radius 2 is 0.776 bits per heavy atom. The zero-order valence-electron chi connectivity index (χ0n) is 44.8. The topological polar surface area (TPSA) is 95.9 Å². The van der Waals surface area contributed by atoms with Gasteiger partial charge in [0.05, 0.1) is 25.2 Å². The first kappa shape index (κ1) is 64.8. The van der Waals surface area contributed by atoms with Crippen LogP contribution in [0.5, 0.6) is 0 Å². The van der Waals surface area contributed by atoms with Gasteiger partial charge in [-0.15, -0.1) is 0 Å². The van der Waals surface area contributed by atoms with Gasteiger partial charge in [-0.3, -0.25) is 9.59 Å². The summed E-state index contributed by atoms with van der Waals surface area (Å²) in [6.07, 6.45) is 67.5. The molecule has 0 saturated carbocycles. The van der Waals surface area contributed by atoms with E-state index in [9.17, 15) is 19.8 Å². The van der Waals surface area contributed by atoms with E-state index < -0.39 is 18.2 Å². The monoisotopic (exact) mass is 940 g/mol. The molecule has 0 aromatic carbocycles. The highest BCUT2D eigenvalue weighted by Gasteiger charge is 2.24. The van der Waals surface area contributed by atoms with Crippen LogP contribution in [-0.4, -0.2) is 46.9 Å². The lowest BCUT2D eigenvalue weighted by atomic mass is 10.0. The molecule has 0 aliphatic rings. The number of esters is 1. The smallest absolute Gasteiger partial charge is 0.306 e. The number of aliphatic hydroxyl groups is 2. The molecular formula is C61H113NO5. The van der Waals surface area contributed by atoms with E-state index in [4.69, 9.17) is 4.74 Å². The molecule has 0 heterocycles. The van der Waals surface area contributed by atoms with Crippen LogP contribution in [-0.2, 0) is 14.3 Å². The fraction of sp³-hybridized carbons (Fsp3) is 0.836. The van der Waals surface area contributed by atoms with Gasteiger partial charge in [0.1, 0.15) is 6.10 Å². The molecule has 3 atom stereocenters. The van der Waals surface area contributed by atoms with Crippen LogP contribution in [0.25, 0.3) is 0 Å². The maximum atomic E-state index is 13.3. The van der Waals surface area contributed by atoms with Crippen molar-refractivity contribution >= 4 is 11.9 Å². The number of hydrogen-bond donors (Lipinski definition) is 3. The Balaban J connectivity index is 4.62. The number of unbranched alkanes of at least 4 members (excludes halogenated alkanes) is 35. The predicted molar refractivity (Wildman–Crippen MR) is 292 cm³/mol. The summed E-state index contributed by atoms with van der Waals surface area (Å²) in [4.78, 5) is 26.3. The van der Waals surface area contributed by atoms with Gasteiger partial charge in [0.15, 0.2) is 0 Å². The molecule has 6 heteroatoms. The predicted octanol–water partition coefficient (Wildman–Crippen LogP) is 18.2. The van der Waals surface area contributed by atoms with Crippen LogP contribution in [0.2, 0.25) is 0 Å². The first-order valence-electron chi connectivity index (χ1n) is 29.4. The second-order valence-corrected chi connectivity index (χ2v) is 20.1. The third kappa shape index (κ3) is 50.0. The Morgan fingerprint density at radius 1 is 0.433 bits per heavy atom. The Labute approximate surface area is 416 Å². The third-order valence-corrected chi connectivity index (χ3v) is 13.4. The van der Waals surface area contributed by atoms with Crippen molar-refractivity contribution in [1.29, 1.82) is 0 Å². The van der Waals surface area contributed by atoms with Gasteiger partial charge in [-0.25, -0.2) is 0 Å². The highest BCUT2D eigenvalue weighted by Crippen LogP contribution is 2.18. The van der Waals surface area contributed by atoms with E-state index in [2.05, 4.69) is 74.7 Å². The van der Waals surface area contributed by atoms with Crippen molar-refractivity contribution in [2.45, 2.75) is 322 Å². The highest BCUT2D eigenvalue weighted by atomic mass is 16.5. The first-order chi connectivity index (χ1) is 33.0. The number of nitrogens with one attached hydrogen (secondary N) is 1. The number of hydrogen-bond acceptors (Lipinski definition) is 5. The quantitative estimate of drug-likeness (QED) is 0.0244. The molecule has 67 heavy (non-hydrogen) atoms. The van der Waals surface area contributed by atoms with E-state index >= 15 is 0 Å². The number of rotatable bonds is 53. The molecule has 0 aromatic rings. The summed E-state index contributed by atoms with van der Waals surface area (Å²) < 4.78 is 5.95. The van der Waals surface area contributed by atoms with Crippen LogP contribution in [0, 0.1) is 0 Å². The van der Waals surface area contributed by atoms with Crippen LogP contribution in [0.3, 0.4) is 0 Å². The first-order valence-corrected chi connectivity index (χ1v) is 29.4. The van der Waals surface area contributed by atoms with Gasteiger partial charge in [0.25, 0.3) is 0 Å². The molecule has 0 bridgehead atoms. The van der Waals surface area contributed by atoms with Crippen molar-refractivity contribution in [3.63, 3.8) is 0 Å². The number of ether oxygens (including phenoxy) is 1. The zero-order chi connectivity index (χ0) is 48.8. The summed E-state index contributed by atoms with van der Waals surface area (Å²) in [5.74, 6) is -0.506. The van der Waals surface area contributed by atoms with E-state index in [-0.39, 0.29) is 24.9 Å². The van der Waals surface area contributed by atoms with E-state index in [1.54, 1.807) is 0 Å². The van der Waals surface area contributed by atoms with Crippen LogP contribution < -0.4 is 5.32 Å². The normalized spacial score (nSPS) is 13.4. The number of carbonyl (C=O) groups is 2. The summed E-state index contributed by atoms with van der Waals surface area (Å²) in [5.41, 5.74) is 0. The maximum Gasteiger partial charge on any atom is 0.306 e. The highest BCUT2D eigenvalue weighted by molar-refractivity contribution is 5.77. The molecule has 0 aliphatic heterocycles. The van der Waals surface area contributed by atoms with Gasteiger partial charge in [-0.05, 0) is 77.0 Å². The number of amides is 1. The molecule has 0 aromatic heterocycles. The molecule has 3 N–H and O–H groups in total. The Morgan fingerprint density at radius 3 is 1.19 bits per heavy atom. The second-order valence-electron chi connectivity index (χ2n) is 20.1. The van der Waals surface area contributed by atoms with Crippen molar-refractivity contribution in [1.82, 2.24) is 5.32 Å². The van der Waals surface area contributed by atoms with Gasteiger partial charge in [0, 0.05) is 6.42 Å². The fourth-order valence-corrected chi connectivity index (χ4v) is 8.96. The van der Waals surface area contributed by atoms with Gasteiger partial charge in [0.2, 0.25) is 5.91 Å². The van der Waals surface area contributed by atoms with Crippen molar-refractivity contribution < 1.29 is 24.5 Å². The third-order valence-electron chi connectivity index (χ3n) is 13.4. The van der Waals surface area contributed by atoms with Crippen molar-refractivity contribution in [3.05, 3.63) is 48.6 Å². The summed E-state index contributed by atoms with van der Waals surface area (Å²) >= 11 is 0. The summed E-state index contributed by atoms with van der Waals surface area (Å²) in [6.45, 7) is 6.49. The van der Waals surface area contributed by atoms with E-state index in [0.717, 1.165) is 77.0 Å². The zero-order valence-corrected chi connectivity index (χ0v) is 44.8. The van der Waals surface area contributed by atoms with Gasteiger partial charge in [-0.1, -0.05) is 262 Å². The van der Waals surface area contributed by atoms with Crippen LogP contribution in [0.15, 0.2) is 48.6 Å². The fourth-order valence-electron chi connectivity index (χ4n) is 8.96. The summed E-state index contributed by atoms with van der Waals surface area (Å²) in [6, 6.07) is -0.715. The maximum absolute atomic E-state index is 13.3. The Hall–Kier alpha value is -2.18. The van der Waals surface area contributed by atoms with E-state index in [0.29, 0.717) is 19.3 Å². The second kappa shape index (κ2) is 54.8. The lowest BCUT2D eigenvalue weighted by Crippen LogP contribution is -2.46. The van der Waals surface area contributed by atoms with E-state index in [1.807, 2.05) is 0 Å². The molecule has 0 fully saturated rings. The molecule has 1 amide bonds. The Bertz CT molecular complexity index is 1150. The van der Waals surface area contributed by atoms with Crippen molar-refractivity contribution in [3.8, 4) is 0 Å². The number of carbonyl (C=O) groups excluding carboxylic acids is 2. The SMILES string of the molecule is CCCCCCC/C=C/C=C/C=C/CCCCCC(CC(=O)NC(CO)C(O)CCCCCCCCCCCCCCCC)OC(=O)CCCCCCC/C=C/CCCCCCCCCCC. The molecule has 0 rings (SSSR count). The minimum absolute atomic E-state index is 0.0530. The Kier molecular flexibility index (Phi) is 53.0.